The van der Waals surface area contributed by atoms with Crippen LogP contribution >= 0.6 is 0 Å². The molecule has 2 fully saturated rings. The molecule has 2 saturated heterocycles. The first-order valence-electron chi connectivity index (χ1n) is 7.74. The van der Waals surface area contributed by atoms with Crippen LogP contribution in [0.3, 0.4) is 0 Å². The molecule has 2 heterocycles. The quantitative estimate of drug-likeness (QED) is 0.633. The molecule has 1 amide bonds. The van der Waals surface area contributed by atoms with Crippen LogP contribution in [-0.4, -0.2) is 65.8 Å². The van der Waals surface area contributed by atoms with Crippen molar-refractivity contribution >= 4 is 12.1 Å². The second-order valence-electron chi connectivity index (χ2n) is 6.68. The van der Waals surface area contributed by atoms with Gasteiger partial charge in [0.25, 0.3) is 0 Å². The van der Waals surface area contributed by atoms with E-state index in [1.54, 1.807) is 4.90 Å². The molecule has 2 rings (SSSR count). The van der Waals surface area contributed by atoms with Gasteiger partial charge in [-0.25, -0.2) is 4.79 Å². The fourth-order valence-electron chi connectivity index (χ4n) is 3.68. The number of hydrogen-bond donors (Lipinski definition) is 1. The maximum atomic E-state index is 12.4. The Labute approximate surface area is 126 Å². The second kappa shape index (κ2) is 6.22. The third kappa shape index (κ3) is 3.31. The Kier molecular flexibility index (Phi) is 4.76. The van der Waals surface area contributed by atoms with E-state index in [2.05, 4.69) is 11.8 Å². The summed E-state index contributed by atoms with van der Waals surface area (Å²) in [4.78, 5) is 27.5. The first-order chi connectivity index (χ1) is 9.87. The number of likely N-dealkylation sites (tertiary alicyclic amines) is 1. The summed E-state index contributed by atoms with van der Waals surface area (Å²) in [5.41, 5.74) is -0.559. The number of carbonyl (C=O) groups is 2. The van der Waals surface area contributed by atoms with Gasteiger partial charge in [0.2, 0.25) is 0 Å². The number of piperidine rings is 1. The Morgan fingerprint density at radius 1 is 1.29 bits per heavy atom. The van der Waals surface area contributed by atoms with Crippen molar-refractivity contribution < 1.29 is 19.4 Å². The Morgan fingerprint density at radius 2 is 1.86 bits per heavy atom. The molecule has 2 unspecified atom stereocenters. The molecule has 21 heavy (non-hydrogen) atoms. The molecule has 0 aliphatic carbocycles. The van der Waals surface area contributed by atoms with Gasteiger partial charge in [-0.05, 0) is 33.2 Å². The van der Waals surface area contributed by atoms with E-state index < -0.39 is 11.5 Å². The smallest absolute Gasteiger partial charge is 0.407 e. The van der Waals surface area contributed by atoms with Crippen molar-refractivity contribution in [3.8, 4) is 0 Å². The van der Waals surface area contributed by atoms with Crippen LogP contribution in [0.4, 0.5) is 4.79 Å². The number of hydrogen-bond acceptors (Lipinski definition) is 4. The number of piperazine rings is 1. The van der Waals surface area contributed by atoms with Gasteiger partial charge < -0.3 is 14.7 Å². The predicted molar refractivity (Wildman–Crippen MR) is 78.1 cm³/mol. The van der Waals surface area contributed by atoms with Gasteiger partial charge in [-0.15, -0.1) is 0 Å². The monoisotopic (exact) mass is 298 g/mol. The summed E-state index contributed by atoms with van der Waals surface area (Å²) >= 11 is 0. The lowest BCUT2D eigenvalue weighted by Gasteiger charge is -2.52. The summed E-state index contributed by atoms with van der Waals surface area (Å²) in [7, 11) is 2.00. The van der Waals surface area contributed by atoms with Gasteiger partial charge >= 0.3 is 12.1 Å². The topological polar surface area (TPSA) is 70.1 Å². The molecule has 120 valence electrons. The van der Waals surface area contributed by atoms with Crippen molar-refractivity contribution in [2.24, 2.45) is 5.41 Å². The highest BCUT2D eigenvalue weighted by atomic mass is 16.5. The van der Waals surface area contributed by atoms with Gasteiger partial charge in [-0.2, -0.15) is 0 Å². The largest absolute Gasteiger partial charge is 0.465 e. The standard InChI is InChI=1S/C15H26N2O4/c1-4-5-6-21-13(18)15(2)7-11-9-16(3)10-12(8-15)17(11)14(19)20/h11-12H,4-10H2,1-3H3,(H,19,20). The molecule has 0 aromatic rings. The zero-order valence-electron chi connectivity index (χ0n) is 13.2. The number of fused-ring (bicyclic) bond motifs is 2. The van der Waals surface area contributed by atoms with E-state index >= 15 is 0 Å². The number of ether oxygens (including phenoxy) is 1. The minimum Gasteiger partial charge on any atom is -0.465 e. The number of esters is 1. The minimum atomic E-state index is -0.875. The van der Waals surface area contributed by atoms with Crippen LogP contribution in [0.1, 0.15) is 39.5 Å². The molecule has 1 N–H and O–H groups in total. The van der Waals surface area contributed by atoms with Crippen LogP contribution in [0.15, 0.2) is 0 Å². The number of carbonyl (C=O) groups excluding carboxylic acids is 1. The van der Waals surface area contributed by atoms with E-state index in [9.17, 15) is 14.7 Å². The highest BCUT2D eigenvalue weighted by Crippen LogP contribution is 2.41. The van der Waals surface area contributed by atoms with Crippen LogP contribution < -0.4 is 0 Å². The average molecular weight is 298 g/mol. The maximum absolute atomic E-state index is 12.4. The van der Waals surface area contributed by atoms with Crippen molar-refractivity contribution in [2.75, 3.05) is 26.7 Å². The highest BCUT2D eigenvalue weighted by Gasteiger charge is 2.51. The number of likely N-dealkylation sites (N-methyl/N-ethyl adjacent to an activating group) is 1. The molecule has 2 aliphatic heterocycles. The predicted octanol–water partition coefficient (Wildman–Crippen LogP) is 1.79. The fraction of sp³-hybridized carbons (Fsp3) is 0.867. The van der Waals surface area contributed by atoms with E-state index in [-0.39, 0.29) is 18.1 Å². The normalized spacial score (nSPS) is 32.8. The number of unbranched alkanes of at least 4 members (excludes halogenated alkanes) is 1. The molecule has 0 aromatic heterocycles. The molecular weight excluding hydrogens is 272 g/mol. The van der Waals surface area contributed by atoms with E-state index in [0.717, 1.165) is 12.8 Å². The Morgan fingerprint density at radius 3 is 2.33 bits per heavy atom. The van der Waals surface area contributed by atoms with Gasteiger partial charge in [0.15, 0.2) is 0 Å². The van der Waals surface area contributed by atoms with Crippen LogP contribution in [0.25, 0.3) is 0 Å². The van der Waals surface area contributed by atoms with Crippen molar-refractivity contribution in [3.05, 3.63) is 0 Å². The third-order valence-corrected chi connectivity index (χ3v) is 4.65. The summed E-state index contributed by atoms with van der Waals surface area (Å²) in [6, 6.07) is -0.243. The van der Waals surface area contributed by atoms with Crippen molar-refractivity contribution in [2.45, 2.75) is 51.6 Å². The zero-order valence-corrected chi connectivity index (χ0v) is 13.2. The lowest BCUT2D eigenvalue weighted by atomic mass is 9.72. The molecule has 0 spiro atoms. The summed E-state index contributed by atoms with van der Waals surface area (Å²) in [5.74, 6) is -0.166. The van der Waals surface area contributed by atoms with E-state index in [1.807, 2.05) is 14.0 Å². The molecular formula is C15H26N2O4. The van der Waals surface area contributed by atoms with E-state index in [1.165, 1.54) is 0 Å². The lowest BCUT2D eigenvalue weighted by Crippen LogP contribution is -2.65. The number of carboxylic acid groups (broad SMARTS) is 1. The Bertz CT molecular complexity index is 396. The molecule has 0 saturated carbocycles. The van der Waals surface area contributed by atoms with Gasteiger partial charge in [-0.1, -0.05) is 13.3 Å². The first-order valence-corrected chi connectivity index (χ1v) is 7.74. The van der Waals surface area contributed by atoms with Crippen LogP contribution in [0.2, 0.25) is 0 Å². The summed E-state index contributed by atoms with van der Waals surface area (Å²) in [6.45, 7) is 5.80. The van der Waals surface area contributed by atoms with Crippen LogP contribution in [0.5, 0.6) is 0 Å². The second-order valence-corrected chi connectivity index (χ2v) is 6.68. The number of nitrogens with zero attached hydrogens (tertiary/aromatic N) is 2. The minimum absolute atomic E-state index is 0.122. The van der Waals surface area contributed by atoms with E-state index in [0.29, 0.717) is 32.5 Å². The Hall–Kier alpha value is -1.30. The van der Waals surface area contributed by atoms with Gasteiger partial charge in [0, 0.05) is 25.2 Å². The fourth-order valence-corrected chi connectivity index (χ4v) is 3.68. The molecule has 0 aromatic carbocycles. The first kappa shape index (κ1) is 16.1. The van der Waals surface area contributed by atoms with Gasteiger partial charge in [0.1, 0.15) is 0 Å². The zero-order chi connectivity index (χ0) is 15.6. The summed E-state index contributed by atoms with van der Waals surface area (Å²) in [6.07, 6.45) is 2.08. The van der Waals surface area contributed by atoms with E-state index in [4.69, 9.17) is 4.74 Å². The molecule has 2 atom stereocenters. The van der Waals surface area contributed by atoms with Crippen LogP contribution in [0, 0.1) is 5.41 Å². The molecule has 6 heteroatoms. The number of amides is 1. The molecule has 2 aliphatic rings. The summed E-state index contributed by atoms with van der Waals surface area (Å²) in [5, 5.41) is 9.40. The van der Waals surface area contributed by atoms with Crippen molar-refractivity contribution in [1.82, 2.24) is 9.80 Å². The SMILES string of the molecule is CCCCOC(=O)C1(C)CC2CN(C)CC(C1)N2C(=O)O. The molecule has 2 bridgehead atoms. The Balaban J connectivity index is 2.08. The summed E-state index contributed by atoms with van der Waals surface area (Å²) < 4.78 is 5.39. The van der Waals surface area contributed by atoms with Crippen LogP contribution in [-0.2, 0) is 9.53 Å². The van der Waals surface area contributed by atoms with Gasteiger partial charge in [-0.3, -0.25) is 9.69 Å². The van der Waals surface area contributed by atoms with Gasteiger partial charge in [0.05, 0.1) is 12.0 Å². The maximum Gasteiger partial charge on any atom is 0.407 e. The average Bonchev–Trinajstić information content (AvgIpc) is 2.36. The van der Waals surface area contributed by atoms with Crippen molar-refractivity contribution in [3.63, 3.8) is 0 Å². The molecule has 6 nitrogen and oxygen atoms in total. The van der Waals surface area contributed by atoms with Crippen molar-refractivity contribution in [1.29, 1.82) is 0 Å². The third-order valence-electron chi connectivity index (χ3n) is 4.65. The molecule has 0 radical (unpaired) electrons. The highest BCUT2D eigenvalue weighted by molar-refractivity contribution is 5.77. The lowest BCUT2D eigenvalue weighted by molar-refractivity contribution is -0.162. The number of rotatable bonds is 4.